The van der Waals surface area contributed by atoms with Gasteiger partial charge in [-0.3, -0.25) is 9.79 Å². The third-order valence-electron chi connectivity index (χ3n) is 4.95. The monoisotopic (exact) mass is 361 g/mol. The summed E-state index contributed by atoms with van der Waals surface area (Å²) in [4.78, 5) is 19.2. The van der Waals surface area contributed by atoms with Gasteiger partial charge in [-0.05, 0) is 24.6 Å². The van der Waals surface area contributed by atoms with Crippen LogP contribution in [0.2, 0.25) is 0 Å². The number of fused-ring (bicyclic) bond motifs is 1. The topological polar surface area (TPSA) is 46.8 Å². The zero-order chi connectivity index (χ0) is 18.6. The van der Waals surface area contributed by atoms with Crippen LogP contribution in [0.3, 0.4) is 0 Å². The van der Waals surface area contributed by atoms with Crippen molar-refractivity contribution in [2.45, 2.75) is 13.5 Å². The summed E-state index contributed by atoms with van der Waals surface area (Å²) in [5, 5.41) is 1.10. The van der Waals surface area contributed by atoms with Crippen molar-refractivity contribution >= 4 is 28.7 Å². The Bertz CT molecular complexity index is 984. The molecule has 1 fully saturated rings. The molecule has 27 heavy (non-hydrogen) atoms. The Morgan fingerprint density at radius 3 is 2.67 bits per heavy atom. The van der Waals surface area contributed by atoms with Gasteiger partial charge in [-0.2, -0.15) is 0 Å². The number of hydrogen-bond acceptors (Lipinski definition) is 3. The van der Waals surface area contributed by atoms with Crippen molar-refractivity contribution in [2.24, 2.45) is 4.99 Å². The first-order chi connectivity index (χ1) is 13.2. The van der Waals surface area contributed by atoms with Crippen LogP contribution in [0.5, 0.6) is 0 Å². The van der Waals surface area contributed by atoms with Gasteiger partial charge in [0.1, 0.15) is 6.54 Å². The molecule has 0 bridgehead atoms. The van der Waals surface area contributed by atoms with E-state index in [0.29, 0.717) is 32.8 Å². The molecule has 4 rings (SSSR count). The van der Waals surface area contributed by atoms with Gasteiger partial charge >= 0.3 is 0 Å². The maximum atomic E-state index is 12.7. The maximum Gasteiger partial charge on any atom is 0.242 e. The summed E-state index contributed by atoms with van der Waals surface area (Å²) in [7, 11) is 0. The second-order valence-corrected chi connectivity index (χ2v) is 6.77. The fraction of sp³-hybridized carbons (Fsp3) is 0.273. The molecular formula is C22H23N3O2. The molecule has 0 radical (unpaired) electrons. The van der Waals surface area contributed by atoms with Crippen LogP contribution in [0.4, 0.5) is 5.69 Å². The summed E-state index contributed by atoms with van der Waals surface area (Å²) in [5.74, 6) is 0.126. The zero-order valence-corrected chi connectivity index (χ0v) is 15.5. The second-order valence-electron chi connectivity index (χ2n) is 6.77. The van der Waals surface area contributed by atoms with E-state index in [1.807, 2.05) is 58.3 Å². The van der Waals surface area contributed by atoms with Crippen molar-refractivity contribution in [3.63, 3.8) is 0 Å². The number of rotatable bonds is 4. The number of aryl methyl sites for hydroxylation is 1. The van der Waals surface area contributed by atoms with E-state index in [1.54, 1.807) is 0 Å². The van der Waals surface area contributed by atoms with Crippen LogP contribution in [0, 0.1) is 6.92 Å². The highest BCUT2D eigenvalue weighted by Crippen LogP contribution is 2.22. The number of carbonyl (C=O) groups is 1. The predicted octanol–water partition coefficient (Wildman–Crippen LogP) is 3.56. The van der Waals surface area contributed by atoms with E-state index < -0.39 is 0 Å². The summed E-state index contributed by atoms with van der Waals surface area (Å²) >= 11 is 0. The highest BCUT2D eigenvalue weighted by Gasteiger charge is 2.18. The van der Waals surface area contributed by atoms with Gasteiger partial charge in [-0.15, -0.1) is 0 Å². The average molecular weight is 361 g/mol. The fourth-order valence-electron chi connectivity index (χ4n) is 3.41. The molecule has 0 atom stereocenters. The van der Waals surface area contributed by atoms with Crippen molar-refractivity contribution in [1.29, 1.82) is 0 Å². The minimum absolute atomic E-state index is 0.126. The van der Waals surface area contributed by atoms with Gasteiger partial charge in [0.25, 0.3) is 0 Å². The molecule has 1 amide bonds. The Hall–Kier alpha value is -2.92. The van der Waals surface area contributed by atoms with Gasteiger partial charge in [0.15, 0.2) is 0 Å². The number of ether oxygens (including phenoxy) is 1. The summed E-state index contributed by atoms with van der Waals surface area (Å²) in [6, 6.07) is 16.2. The fourth-order valence-corrected chi connectivity index (χ4v) is 3.41. The molecule has 0 saturated carbocycles. The molecule has 2 heterocycles. The van der Waals surface area contributed by atoms with Crippen molar-refractivity contribution in [1.82, 2.24) is 9.47 Å². The zero-order valence-electron chi connectivity index (χ0n) is 15.5. The lowest BCUT2D eigenvalue weighted by atomic mass is 10.2. The van der Waals surface area contributed by atoms with Gasteiger partial charge < -0.3 is 14.2 Å². The lowest BCUT2D eigenvalue weighted by Crippen LogP contribution is -2.42. The Kier molecular flexibility index (Phi) is 5.03. The van der Waals surface area contributed by atoms with Crippen LogP contribution < -0.4 is 0 Å². The quantitative estimate of drug-likeness (QED) is 0.667. The lowest BCUT2D eigenvalue weighted by Gasteiger charge is -2.27. The van der Waals surface area contributed by atoms with Crippen molar-refractivity contribution in [3.8, 4) is 0 Å². The molecule has 0 spiro atoms. The number of aromatic nitrogens is 1. The Labute approximate surface area is 158 Å². The largest absolute Gasteiger partial charge is 0.378 e. The first kappa shape index (κ1) is 17.5. The molecule has 2 aromatic carbocycles. The molecule has 1 saturated heterocycles. The minimum atomic E-state index is 0.126. The molecule has 0 N–H and O–H groups in total. The Balaban J connectivity index is 1.63. The highest BCUT2D eigenvalue weighted by atomic mass is 16.5. The van der Waals surface area contributed by atoms with Crippen LogP contribution in [-0.4, -0.2) is 47.9 Å². The van der Waals surface area contributed by atoms with Gasteiger partial charge in [-0.25, -0.2) is 0 Å². The molecule has 0 unspecified atom stereocenters. The van der Waals surface area contributed by atoms with E-state index >= 15 is 0 Å². The standard InChI is InChI=1S/C22H23N3O2/c1-17-6-2-4-8-20(17)23-14-18-15-25(21-9-5-3-7-19(18)21)16-22(26)24-10-12-27-13-11-24/h2-9,14-15H,10-13,16H2,1H3. The minimum Gasteiger partial charge on any atom is -0.378 e. The summed E-state index contributed by atoms with van der Waals surface area (Å²) in [6.07, 6.45) is 3.91. The number of nitrogens with zero attached hydrogens (tertiary/aromatic N) is 3. The number of carbonyl (C=O) groups excluding carboxylic acids is 1. The number of benzene rings is 2. The molecule has 0 aliphatic carbocycles. The normalized spacial score (nSPS) is 14.9. The molecule has 5 heteroatoms. The number of hydrogen-bond donors (Lipinski definition) is 0. The highest BCUT2D eigenvalue weighted by molar-refractivity contribution is 6.00. The summed E-state index contributed by atoms with van der Waals surface area (Å²) in [6.45, 7) is 4.95. The number of para-hydroxylation sites is 2. The maximum absolute atomic E-state index is 12.7. The van der Waals surface area contributed by atoms with Gasteiger partial charge in [-0.1, -0.05) is 36.4 Å². The van der Waals surface area contributed by atoms with Gasteiger partial charge in [0.2, 0.25) is 5.91 Å². The van der Waals surface area contributed by atoms with Gasteiger partial charge in [0, 0.05) is 42.0 Å². The van der Waals surface area contributed by atoms with Crippen molar-refractivity contribution in [3.05, 3.63) is 65.9 Å². The van der Waals surface area contributed by atoms with Crippen molar-refractivity contribution < 1.29 is 9.53 Å². The molecule has 138 valence electrons. The third-order valence-corrected chi connectivity index (χ3v) is 4.95. The summed E-state index contributed by atoms with van der Waals surface area (Å²) < 4.78 is 7.36. The first-order valence-electron chi connectivity index (χ1n) is 9.25. The van der Waals surface area contributed by atoms with E-state index in [-0.39, 0.29) is 5.91 Å². The molecule has 1 aliphatic heterocycles. The van der Waals surface area contributed by atoms with E-state index in [2.05, 4.69) is 24.0 Å². The molecule has 1 aliphatic rings. The number of aliphatic imine (C=N–C) groups is 1. The summed E-state index contributed by atoms with van der Waals surface area (Å²) in [5.41, 5.74) is 4.16. The van der Waals surface area contributed by atoms with E-state index in [4.69, 9.17) is 4.74 Å². The first-order valence-corrected chi connectivity index (χ1v) is 9.25. The average Bonchev–Trinajstić information content (AvgIpc) is 3.06. The van der Waals surface area contributed by atoms with Crippen molar-refractivity contribution in [2.75, 3.05) is 26.3 Å². The Morgan fingerprint density at radius 2 is 1.85 bits per heavy atom. The second kappa shape index (κ2) is 7.76. The lowest BCUT2D eigenvalue weighted by molar-refractivity contribution is -0.135. The van der Waals surface area contributed by atoms with Crippen LogP contribution in [-0.2, 0) is 16.1 Å². The molecule has 1 aromatic heterocycles. The van der Waals surface area contributed by atoms with E-state index in [0.717, 1.165) is 27.7 Å². The SMILES string of the molecule is Cc1ccccc1N=Cc1cn(CC(=O)N2CCOCC2)c2ccccc12. The third kappa shape index (κ3) is 3.78. The molecule has 5 nitrogen and oxygen atoms in total. The van der Waals surface area contributed by atoms with Gasteiger partial charge in [0.05, 0.1) is 18.9 Å². The molecule has 3 aromatic rings. The number of morpholine rings is 1. The van der Waals surface area contributed by atoms with Crippen LogP contribution >= 0.6 is 0 Å². The smallest absolute Gasteiger partial charge is 0.242 e. The molecular weight excluding hydrogens is 338 g/mol. The van der Waals surface area contributed by atoms with Crippen LogP contribution in [0.25, 0.3) is 10.9 Å². The number of amides is 1. The van der Waals surface area contributed by atoms with Crippen LogP contribution in [0.15, 0.2) is 59.7 Å². The Morgan fingerprint density at radius 1 is 1.11 bits per heavy atom. The van der Waals surface area contributed by atoms with E-state index in [1.165, 1.54) is 0 Å². The predicted molar refractivity (Wildman–Crippen MR) is 108 cm³/mol. The van der Waals surface area contributed by atoms with E-state index in [9.17, 15) is 4.79 Å². The van der Waals surface area contributed by atoms with Crippen LogP contribution in [0.1, 0.15) is 11.1 Å².